The number of rotatable bonds is 5. The molecule has 0 aliphatic carbocycles. The Morgan fingerprint density at radius 1 is 1.04 bits per heavy atom. The fraction of sp³-hybridized carbons (Fsp3) is 0.900. The predicted molar refractivity (Wildman–Crippen MR) is 102 cm³/mol. The van der Waals surface area contributed by atoms with Crippen molar-refractivity contribution >= 4 is 11.8 Å². The predicted octanol–water partition coefficient (Wildman–Crippen LogP) is 0.877. The Balaban J connectivity index is 1.40. The lowest BCUT2D eigenvalue weighted by Crippen LogP contribution is -2.52. The summed E-state index contributed by atoms with van der Waals surface area (Å²) in [6.45, 7) is 9.83. The minimum absolute atomic E-state index is 0.102. The quantitative estimate of drug-likeness (QED) is 0.765. The van der Waals surface area contributed by atoms with Crippen LogP contribution in [0.5, 0.6) is 0 Å². The Bertz CT molecular complexity index is 499. The summed E-state index contributed by atoms with van der Waals surface area (Å²) < 4.78 is 11.1. The summed E-state index contributed by atoms with van der Waals surface area (Å²) in [5.74, 6) is 0.898. The Hall–Kier alpha value is -1.18. The van der Waals surface area contributed by atoms with Crippen LogP contribution in [0.1, 0.15) is 39.5 Å². The molecular formula is C20H35N3O4. The molecule has 1 N–H and O–H groups in total. The van der Waals surface area contributed by atoms with Crippen molar-refractivity contribution in [2.45, 2.75) is 51.7 Å². The van der Waals surface area contributed by atoms with Gasteiger partial charge in [0.05, 0.1) is 18.8 Å². The van der Waals surface area contributed by atoms with E-state index in [1.807, 2.05) is 18.7 Å². The topological polar surface area (TPSA) is 71.1 Å². The van der Waals surface area contributed by atoms with Crippen molar-refractivity contribution in [3.05, 3.63) is 0 Å². The number of ether oxygens (including phenoxy) is 2. The minimum atomic E-state index is 0.102. The zero-order valence-electron chi connectivity index (χ0n) is 16.8. The van der Waals surface area contributed by atoms with Gasteiger partial charge in [0.2, 0.25) is 11.8 Å². The van der Waals surface area contributed by atoms with Crippen molar-refractivity contribution in [2.24, 2.45) is 11.8 Å². The van der Waals surface area contributed by atoms with Crippen molar-refractivity contribution in [2.75, 3.05) is 52.5 Å². The number of piperidine rings is 1. The van der Waals surface area contributed by atoms with E-state index in [0.29, 0.717) is 45.3 Å². The van der Waals surface area contributed by atoms with E-state index in [4.69, 9.17) is 9.47 Å². The fourth-order valence-corrected chi connectivity index (χ4v) is 4.48. The van der Waals surface area contributed by atoms with Gasteiger partial charge in [-0.1, -0.05) is 0 Å². The zero-order chi connectivity index (χ0) is 19.2. The number of nitrogens with zero attached hydrogens (tertiary/aromatic N) is 2. The molecule has 3 atom stereocenters. The Kier molecular flexibility index (Phi) is 7.49. The number of amides is 2. The van der Waals surface area contributed by atoms with Crippen LogP contribution in [0, 0.1) is 11.8 Å². The molecular weight excluding hydrogens is 346 g/mol. The third-order valence-electron chi connectivity index (χ3n) is 5.89. The standard InChI is InChI=1S/C20H35N3O4/c1-15-11-23(12-16(2)27-15)19(24)14-22-7-3-4-17(13-22)10-21-20(25)18-5-8-26-9-6-18/h15-18H,3-14H2,1-2H3,(H,21,25)/t15-,16+,17?. The average molecular weight is 382 g/mol. The van der Waals surface area contributed by atoms with Gasteiger partial charge in [-0.25, -0.2) is 0 Å². The maximum absolute atomic E-state index is 12.7. The van der Waals surface area contributed by atoms with Gasteiger partial charge in [-0.05, 0) is 52.0 Å². The van der Waals surface area contributed by atoms with Gasteiger partial charge in [0, 0.05) is 45.3 Å². The summed E-state index contributed by atoms with van der Waals surface area (Å²) >= 11 is 0. The molecule has 3 fully saturated rings. The lowest BCUT2D eigenvalue weighted by molar-refractivity contribution is -0.144. The van der Waals surface area contributed by atoms with Gasteiger partial charge in [-0.15, -0.1) is 0 Å². The van der Waals surface area contributed by atoms with Gasteiger partial charge in [-0.3, -0.25) is 14.5 Å². The molecule has 0 saturated carbocycles. The lowest BCUT2D eigenvalue weighted by Gasteiger charge is -2.38. The molecule has 3 rings (SSSR count). The van der Waals surface area contributed by atoms with Crippen LogP contribution in [0.3, 0.4) is 0 Å². The lowest BCUT2D eigenvalue weighted by atomic mass is 9.96. The van der Waals surface area contributed by atoms with Crippen molar-refractivity contribution in [1.29, 1.82) is 0 Å². The highest BCUT2D eigenvalue weighted by molar-refractivity contribution is 5.79. The fourth-order valence-electron chi connectivity index (χ4n) is 4.48. The zero-order valence-corrected chi connectivity index (χ0v) is 16.8. The maximum atomic E-state index is 12.7. The van der Waals surface area contributed by atoms with Crippen LogP contribution in [0.15, 0.2) is 0 Å². The summed E-state index contributed by atoms with van der Waals surface area (Å²) in [6, 6.07) is 0. The largest absolute Gasteiger partial charge is 0.381 e. The second kappa shape index (κ2) is 9.85. The number of hydrogen-bond donors (Lipinski definition) is 1. The second-order valence-electron chi connectivity index (χ2n) is 8.43. The van der Waals surface area contributed by atoms with E-state index in [0.717, 1.165) is 38.8 Å². The van der Waals surface area contributed by atoms with Crippen LogP contribution in [-0.2, 0) is 19.1 Å². The first-order chi connectivity index (χ1) is 13.0. The van der Waals surface area contributed by atoms with Crippen LogP contribution >= 0.6 is 0 Å². The van der Waals surface area contributed by atoms with Crippen molar-refractivity contribution < 1.29 is 19.1 Å². The summed E-state index contributed by atoms with van der Waals surface area (Å²) in [5.41, 5.74) is 0. The maximum Gasteiger partial charge on any atom is 0.236 e. The summed E-state index contributed by atoms with van der Waals surface area (Å²) in [5, 5.41) is 3.14. The van der Waals surface area contributed by atoms with E-state index in [1.165, 1.54) is 0 Å². The third kappa shape index (κ3) is 6.16. The van der Waals surface area contributed by atoms with Gasteiger partial charge >= 0.3 is 0 Å². The second-order valence-corrected chi connectivity index (χ2v) is 8.43. The van der Waals surface area contributed by atoms with E-state index < -0.39 is 0 Å². The van der Waals surface area contributed by atoms with Gasteiger partial charge < -0.3 is 19.7 Å². The highest BCUT2D eigenvalue weighted by atomic mass is 16.5. The monoisotopic (exact) mass is 381 g/mol. The summed E-state index contributed by atoms with van der Waals surface area (Å²) in [4.78, 5) is 29.2. The van der Waals surface area contributed by atoms with E-state index in [9.17, 15) is 9.59 Å². The van der Waals surface area contributed by atoms with Gasteiger partial charge in [-0.2, -0.15) is 0 Å². The minimum Gasteiger partial charge on any atom is -0.381 e. The van der Waals surface area contributed by atoms with Crippen LogP contribution in [0.2, 0.25) is 0 Å². The molecule has 0 aromatic rings. The molecule has 0 radical (unpaired) electrons. The number of carbonyl (C=O) groups is 2. The van der Waals surface area contributed by atoms with Crippen molar-refractivity contribution in [1.82, 2.24) is 15.1 Å². The van der Waals surface area contributed by atoms with Crippen molar-refractivity contribution in [3.8, 4) is 0 Å². The molecule has 3 aliphatic rings. The molecule has 2 amide bonds. The number of nitrogens with one attached hydrogen (secondary N) is 1. The van der Waals surface area contributed by atoms with E-state index in [1.54, 1.807) is 0 Å². The van der Waals surface area contributed by atoms with Crippen LogP contribution in [-0.4, -0.2) is 86.3 Å². The molecule has 0 aromatic carbocycles. The molecule has 3 aliphatic heterocycles. The number of hydrogen-bond acceptors (Lipinski definition) is 5. The highest BCUT2D eigenvalue weighted by Crippen LogP contribution is 2.18. The first kappa shape index (κ1) is 20.6. The first-order valence-electron chi connectivity index (χ1n) is 10.5. The molecule has 27 heavy (non-hydrogen) atoms. The smallest absolute Gasteiger partial charge is 0.236 e. The molecule has 7 nitrogen and oxygen atoms in total. The molecule has 0 spiro atoms. The van der Waals surface area contributed by atoms with Gasteiger partial charge in [0.15, 0.2) is 0 Å². The number of morpholine rings is 1. The van der Waals surface area contributed by atoms with E-state index >= 15 is 0 Å². The molecule has 7 heteroatoms. The van der Waals surface area contributed by atoms with E-state index in [2.05, 4.69) is 10.2 Å². The van der Waals surface area contributed by atoms with Crippen LogP contribution in [0.25, 0.3) is 0 Å². The molecule has 0 aromatic heterocycles. The number of likely N-dealkylation sites (tertiary alicyclic amines) is 1. The third-order valence-corrected chi connectivity index (χ3v) is 5.89. The molecule has 154 valence electrons. The van der Waals surface area contributed by atoms with Gasteiger partial charge in [0.25, 0.3) is 0 Å². The van der Waals surface area contributed by atoms with Crippen LogP contribution < -0.4 is 5.32 Å². The average Bonchev–Trinajstić information content (AvgIpc) is 2.66. The van der Waals surface area contributed by atoms with Crippen molar-refractivity contribution in [3.63, 3.8) is 0 Å². The SMILES string of the molecule is C[C@@H]1CN(C(=O)CN2CCCC(CNC(=O)C3CCOCC3)C2)C[C@H](C)O1. The highest BCUT2D eigenvalue weighted by Gasteiger charge is 2.29. The molecule has 0 bridgehead atoms. The molecule has 1 unspecified atom stereocenters. The van der Waals surface area contributed by atoms with E-state index in [-0.39, 0.29) is 29.9 Å². The molecule has 3 heterocycles. The first-order valence-corrected chi connectivity index (χ1v) is 10.5. The molecule has 3 saturated heterocycles. The Morgan fingerprint density at radius 2 is 1.74 bits per heavy atom. The Morgan fingerprint density at radius 3 is 2.44 bits per heavy atom. The summed E-state index contributed by atoms with van der Waals surface area (Å²) in [7, 11) is 0. The van der Waals surface area contributed by atoms with Gasteiger partial charge in [0.1, 0.15) is 0 Å². The van der Waals surface area contributed by atoms with Crippen LogP contribution in [0.4, 0.5) is 0 Å². The normalized spacial score (nSPS) is 30.9. The number of carbonyl (C=O) groups excluding carboxylic acids is 2. The summed E-state index contributed by atoms with van der Waals surface area (Å²) in [6.07, 6.45) is 4.06. The Labute approximate surface area is 162 Å².